The van der Waals surface area contributed by atoms with E-state index >= 15 is 0 Å². The van der Waals surface area contributed by atoms with Gasteiger partial charge in [0.1, 0.15) is 5.69 Å². The van der Waals surface area contributed by atoms with Gasteiger partial charge >= 0.3 is 0 Å². The van der Waals surface area contributed by atoms with Gasteiger partial charge in [-0.1, -0.05) is 48.0 Å². The molecular weight excluding hydrogens is 372 g/mol. The lowest BCUT2D eigenvalue weighted by Gasteiger charge is -2.11. The van der Waals surface area contributed by atoms with E-state index in [0.29, 0.717) is 28.9 Å². The number of halogens is 1. The first-order valence-electron chi connectivity index (χ1n) is 9.23. The van der Waals surface area contributed by atoms with Crippen molar-refractivity contribution in [2.24, 2.45) is 0 Å². The van der Waals surface area contributed by atoms with Crippen LogP contribution in [-0.4, -0.2) is 22.4 Å². The average molecular weight is 395 g/mol. The van der Waals surface area contributed by atoms with Crippen LogP contribution >= 0.6 is 11.6 Å². The summed E-state index contributed by atoms with van der Waals surface area (Å²) in [6, 6.07) is 17.5. The molecule has 0 aliphatic rings. The van der Waals surface area contributed by atoms with Gasteiger partial charge in [-0.15, -0.1) is 0 Å². The van der Waals surface area contributed by atoms with Gasteiger partial charge in [0.15, 0.2) is 0 Å². The summed E-state index contributed by atoms with van der Waals surface area (Å²) in [6.45, 7) is 4.34. The number of aryl methyl sites for hydroxylation is 2. The van der Waals surface area contributed by atoms with Gasteiger partial charge in [0, 0.05) is 22.9 Å². The monoisotopic (exact) mass is 394 g/mol. The lowest BCUT2D eigenvalue weighted by Crippen LogP contribution is -2.26. The minimum Gasteiger partial charge on any atom is -0.351 e. The summed E-state index contributed by atoms with van der Waals surface area (Å²) < 4.78 is 0. The molecule has 0 bridgehead atoms. The highest BCUT2D eigenvalue weighted by Crippen LogP contribution is 2.25. The number of carbonyl (C=O) groups excluding carboxylic acids is 1. The van der Waals surface area contributed by atoms with Gasteiger partial charge in [-0.25, -0.2) is 9.97 Å². The number of rotatable bonds is 7. The fourth-order valence-electron chi connectivity index (χ4n) is 2.83. The number of aromatic nitrogens is 2. The van der Waals surface area contributed by atoms with Gasteiger partial charge in [0.2, 0.25) is 5.95 Å². The summed E-state index contributed by atoms with van der Waals surface area (Å²) in [6.07, 6.45) is 1.79. The number of nitrogens with zero attached hydrogens (tertiary/aromatic N) is 2. The van der Waals surface area contributed by atoms with E-state index in [1.54, 1.807) is 6.07 Å². The number of carbonyl (C=O) groups is 1. The molecule has 0 atom stereocenters. The second kappa shape index (κ2) is 9.33. The van der Waals surface area contributed by atoms with Crippen molar-refractivity contribution in [2.75, 3.05) is 11.9 Å². The van der Waals surface area contributed by atoms with E-state index in [4.69, 9.17) is 11.6 Å². The van der Waals surface area contributed by atoms with Gasteiger partial charge in [-0.3, -0.25) is 4.79 Å². The third-order valence-corrected chi connectivity index (χ3v) is 4.78. The SMILES string of the molecule is Cc1cc(C(=O)NCCCc2ccccc2)nc(Nc2cccc(Cl)c2C)n1. The summed E-state index contributed by atoms with van der Waals surface area (Å²) in [5.74, 6) is 0.171. The molecule has 2 aromatic carbocycles. The fourth-order valence-corrected chi connectivity index (χ4v) is 3.01. The third-order valence-electron chi connectivity index (χ3n) is 4.37. The lowest BCUT2D eigenvalue weighted by molar-refractivity contribution is 0.0948. The Morgan fingerprint density at radius 3 is 2.61 bits per heavy atom. The summed E-state index contributed by atoms with van der Waals surface area (Å²) in [4.78, 5) is 21.2. The van der Waals surface area contributed by atoms with Crippen molar-refractivity contribution in [3.8, 4) is 0 Å². The van der Waals surface area contributed by atoms with E-state index in [2.05, 4.69) is 32.7 Å². The summed E-state index contributed by atoms with van der Waals surface area (Å²) in [5, 5.41) is 6.74. The molecule has 0 aliphatic carbocycles. The summed E-state index contributed by atoms with van der Waals surface area (Å²) in [7, 11) is 0. The molecule has 0 saturated heterocycles. The molecule has 0 fully saturated rings. The number of hydrogen-bond acceptors (Lipinski definition) is 4. The molecule has 0 spiro atoms. The van der Waals surface area contributed by atoms with Crippen molar-refractivity contribution in [3.63, 3.8) is 0 Å². The molecule has 3 rings (SSSR count). The molecule has 0 saturated carbocycles. The molecule has 2 N–H and O–H groups in total. The average Bonchev–Trinajstić information content (AvgIpc) is 2.69. The van der Waals surface area contributed by atoms with E-state index in [1.165, 1.54) is 5.56 Å². The summed E-state index contributed by atoms with van der Waals surface area (Å²) >= 11 is 6.16. The molecule has 6 heteroatoms. The maximum atomic E-state index is 12.5. The molecule has 28 heavy (non-hydrogen) atoms. The Balaban J connectivity index is 1.62. The topological polar surface area (TPSA) is 66.9 Å². The zero-order chi connectivity index (χ0) is 19.9. The number of anilines is 2. The van der Waals surface area contributed by atoms with E-state index < -0.39 is 0 Å². The predicted octanol–water partition coefficient (Wildman–Crippen LogP) is 4.85. The van der Waals surface area contributed by atoms with E-state index in [1.807, 2.05) is 50.2 Å². The second-order valence-electron chi connectivity index (χ2n) is 6.60. The highest BCUT2D eigenvalue weighted by Gasteiger charge is 2.11. The van der Waals surface area contributed by atoms with Crippen LogP contribution in [0.2, 0.25) is 5.02 Å². The molecule has 1 amide bonds. The molecular formula is C22H23ClN4O. The lowest BCUT2D eigenvalue weighted by atomic mass is 10.1. The Hall–Kier alpha value is -2.92. The van der Waals surface area contributed by atoms with Gasteiger partial charge in [-0.2, -0.15) is 0 Å². The van der Waals surface area contributed by atoms with Crippen molar-refractivity contribution in [1.29, 1.82) is 0 Å². The Morgan fingerprint density at radius 1 is 1.04 bits per heavy atom. The van der Waals surface area contributed by atoms with E-state index in [0.717, 1.165) is 24.1 Å². The summed E-state index contributed by atoms with van der Waals surface area (Å²) in [5.41, 5.74) is 4.03. The number of benzene rings is 2. The molecule has 3 aromatic rings. The first kappa shape index (κ1) is 19.8. The van der Waals surface area contributed by atoms with Crippen LogP contribution in [0.15, 0.2) is 54.6 Å². The van der Waals surface area contributed by atoms with Crippen LogP contribution in [0.3, 0.4) is 0 Å². The predicted molar refractivity (Wildman–Crippen MR) is 113 cm³/mol. The Bertz CT molecular complexity index is 960. The maximum Gasteiger partial charge on any atom is 0.270 e. The van der Waals surface area contributed by atoms with E-state index in [9.17, 15) is 4.79 Å². The third kappa shape index (κ3) is 5.30. The second-order valence-corrected chi connectivity index (χ2v) is 7.01. The van der Waals surface area contributed by atoms with Crippen molar-refractivity contribution >= 4 is 29.1 Å². The number of hydrogen-bond donors (Lipinski definition) is 2. The van der Waals surface area contributed by atoms with Crippen LogP contribution in [0.4, 0.5) is 11.6 Å². The van der Waals surface area contributed by atoms with Crippen LogP contribution < -0.4 is 10.6 Å². The first-order valence-corrected chi connectivity index (χ1v) is 9.60. The quantitative estimate of drug-likeness (QED) is 0.562. The molecule has 5 nitrogen and oxygen atoms in total. The Morgan fingerprint density at radius 2 is 1.82 bits per heavy atom. The van der Waals surface area contributed by atoms with Crippen LogP contribution in [-0.2, 0) is 6.42 Å². The Labute approximate surface area is 170 Å². The highest BCUT2D eigenvalue weighted by molar-refractivity contribution is 6.31. The highest BCUT2D eigenvalue weighted by atomic mass is 35.5. The van der Waals surface area contributed by atoms with Gasteiger partial charge in [0.05, 0.1) is 0 Å². The van der Waals surface area contributed by atoms with Crippen LogP contribution in [0.25, 0.3) is 0 Å². The minimum absolute atomic E-state index is 0.204. The minimum atomic E-state index is -0.204. The van der Waals surface area contributed by atoms with Crippen LogP contribution in [0.1, 0.15) is 33.7 Å². The molecule has 0 unspecified atom stereocenters. The first-order chi connectivity index (χ1) is 13.5. The fraction of sp³-hybridized carbons (Fsp3) is 0.227. The standard InChI is InChI=1S/C22H23ClN4O/c1-15-14-20(21(28)24-13-7-10-17-8-4-3-5-9-17)27-22(25-15)26-19-12-6-11-18(23)16(19)2/h3-6,8-9,11-12,14H,7,10,13H2,1-2H3,(H,24,28)(H,25,26,27). The molecule has 1 heterocycles. The van der Waals surface area contributed by atoms with E-state index in [-0.39, 0.29) is 5.91 Å². The number of nitrogens with one attached hydrogen (secondary N) is 2. The smallest absolute Gasteiger partial charge is 0.270 e. The molecule has 0 radical (unpaired) electrons. The van der Waals surface area contributed by atoms with Crippen molar-refractivity contribution < 1.29 is 4.79 Å². The van der Waals surface area contributed by atoms with Crippen molar-refractivity contribution in [3.05, 3.63) is 82.1 Å². The normalized spacial score (nSPS) is 10.5. The van der Waals surface area contributed by atoms with Crippen molar-refractivity contribution in [2.45, 2.75) is 26.7 Å². The van der Waals surface area contributed by atoms with Gasteiger partial charge in [-0.05, 0) is 56.0 Å². The molecule has 144 valence electrons. The zero-order valence-corrected chi connectivity index (χ0v) is 16.8. The van der Waals surface area contributed by atoms with Gasteiger partial charge in [0.25, 0.3) is 5.91 Å². The zero-order valence-electron chi connectivity index (χ0n) is 16.0. The van der Waals surface area contributed by atoms with Crippen LogP contribution in [0, 0.1) is 13.8 Å². The van der Waals surface area contributed by atoms with Crippen molar-refractivity contribution in [1.82, 2.24) is 15.3 Å². The Kier molecular flexibility index (Phi) is 6.61. The largest absolute Gasteiger partial charge is 0.351 e. The van der Waals surface area contributed by atoms with Gasteiger partial charge < -0.3 is 10.6 Å². The molecule has 1 aromatic heterocycles. The molecule has 0 aliphatic heterocycles. The van der Waals surface area contributed by atoms with Crippen LogP contribution in [0.5, 0.6) is 0 Å². The number of amides is 1. The maximum absolute atomic E-state index is 12.5.